The van der Waals surface area contributed by atoms with Gasteiger partial charge in [0.1, 0.15) is 12.6 Å². The van der Waals surface area contributed by atoms with E-state index in [0.717, 1.165) is 77.0 Å². The van der Waals surface area contributed by atoms with Crippen LogP contribution in [0.1, 0.15) is 142 Å². The lowest BCUT2D eigenvalue weighted by molar-refractivity contribution is -0.161. The van der Waals surface area contributed by atoms with E-state index in [0.29, 0.717) is 31.5 Å². The number of epoxide rings is 1. The van der Waals surface area contributed by atoms with Gasteiger partial charge < -0.3 is 29.9 Å². The van der Waals surface area contributed by atoms with Crippen LogP contribution < -0.4 is 5.73 Å². The van der Waals surface area contributed by atoms with Crippen molar-refractivity contribution in [2.24, 2.45) is 5.73 Å². The van der Waals surface area contributed by atoms with Crippen LogP contribution in [0.25, 0.3) is 0 Å². The zero-order valence-corrected chi connectivity index (χ0v) is 37.8. The van der Waals surface area contributed by atoms with Crippen LogP contribution >= 0.6 is 7.82 Å². The maximum absolute atomic E-state index is 12.6. The highest BCUT2D eigenvalue weighted by Crippen LogP contribution is 2.43. The highest BCUT2D eigenvalue weighted by Gasteiger charge is 2.36. The number of carboxylic acid groups (broad SMARTS) is 1. The van der Waals surface area contributed by atoms with Crippen LogP contribution in [0.4, 0.5) is 0 Å². The molecule has 1 fully saturated rings. The Morgan fingerprint density at radius 2 is 1.08 bits per heavy atom. The summed E-state index contributed by atoms with van der Waals surface area (Å²) in [6.45, 7) is 2.54. The first-order chi connectivity index (χ1) is 29.6. The average Bonchev–Trinajstić information content (AvgIpc) is 3.99. The fraction of sp³-hybridized carbons (Fsp3) is 0.604. The number of carbonyl (C=O) groups excluding carboxylic acids is 2. The maximum atomic E-state index is 12.6. The van der Waals surface area contributed by atoms with Crippen molar-refractivity contribution in [3.05, 3.63) is 97.2 Å². The quantitative estimate of drug-likeness (QED) is 0.0175. The van der Waals surface area contributed by atoms with E-state index in [1.807, 2.05) is 12.2 Å². The second-order valence-electron chi connectivity index (χ2n) is 14.8. The topological polar surface area (TPSA) is 184 Å². The van der Waals surface area contributed by atoms with E-state index in [9.17, 15) is 23.8 Å². The molecular formula is C48H76NO11P. The number of ether oxygens (including phenoxy) is 3. The Balaban J connectivity index is 2.35. The Morgan fingerprint density at radius 3 is 1.66 bits per heavy atom. The molecule has 12 nitrogen and oxygen atoms in total. The minimum Gasteiger partial charge on any atom is -0.480 e. The van der Waals surface area contributed by atoms with E-state index in [4.69, 9.17) is 29.6 Å². The summed E-state index contributed by atoms with van der Waals surface area (Å²) in [7, 11) is -4.75. The van der Waals surface area contributed by atoms with Gasteiger partial charge in [0, 0.05) is 12.8 Å². The second kappa shape index (κ2) is 38.1. The summed E-state index contributed by atoms with van der Waals surface area (Å²) in [5.41, 5.74) is 5.33. The third kappa shape index (κ3) is 35.6. The molecule has 4 N–H and O–H groups in total. The van der Waals surface area contributed by atoms with Gasteiger partial charge in [0.2, 0.25) is 0 Å². The summed E-state index contributed by atoms with van der Waals surface area (Å²) in [4.78, 5) is 46.0. The van der Waals surface area contributed by atoms with E-state index in [1.54, 1.807) is 0 Å². The van der Waals surface area contributed by atoms with E-state index < -0.39 is 57.7 Å². The van der Waals surface area contributed by atoms with E-state index >= 15 is 0 Å². The molecule has 5 atom stereocenters. The molecular weight excluding hydrogens is 797 g/mol. The number of hydrogen-bond donors (Lipinski definition) is 3. The number of allylic oxidation sites excluding steroid dienone is 14. The third-order valence-electron chi connectivity index (χ3n) is 9.22. The second-order valence-corrected chi connectivity index (χ2v) is 16.3. The fourth-order valence-corrected chi connectivity index (χ4v) is 6.37. The number of aliphatic carboxylic acids is 1. The monoisotopic (exact) mass is 874 g/mol. The first-order valence-corrected chi connectivity index (χ1v) is 23.9. The van der Waals surface area contributed by atoms with Gasteiger partial charge in [0.05, 0.1) is 25.4 Å². The van der Waals surface area contributed by atoms with Crippen molar-refractivity contribution < 1.29 is 52.2 Å². The first-order valence-electron chi connectivity index (χ1n) is 22.4. The Bertz CT molecular complexity index is 1460. The number of carboxylic acids is 1. The van der Waals surface area contributed by atoms with E-state index in [-0.39, 0.29) is 12.8 Å². The minimum atomic E-state index is -4.75. The molecule has 1 rings (SSSR count). The molecule has 1 aliphatic rings. The van der Waals surface area contributed by atoms with Gasteiger partial charge in [-0.05, 0) is 96.3 Å². The van der Waals surface area contributed by atoms with Gasteiger partial charge in [0.25, 0.3) is 0 Å². The molecule has 0 bridgehead atoms. The van der Waals surface area contributed by atoms with Gasteiger partial charge in [-0.25, -0.2) is 4.57 Å². The largest absolute Gasteiger partial charge is 0.480 e. The van der Waals surface area contributed by atoms with Crippen LogP contribution in [0.3, 0.4) is 0 Å². The van der Waals surface area contributed by atoms with Crippen LogP contribution in [0.15, 0.2) is 97.2 Å². The molecule has 1 aliphatic heterocycles. The number of carbonyl (C=O) groups is 3. The molecule has 13 heteroatoms. The number of rotatable bonds is 39. The predicted octanol–water partition coefficient (Wildman–Crippen LogP) is 11.0. The summed E-state index contributed by atoms with van der Waals surface area (Å²) < 4.78 is 38.4. The number of esters is 2. The number of hydrogen-bond acceptors (Lipinski definition) is 10. The Hall–Kier alpha value is -3.64. The fourth-order valence-electron chi connectivity index (χ4n) is 5.59. The van der Waals surface area contributed by atoms with Crippen LogP contribution in [-0.4, -0.2) is 72.1 Å². The van der Waals surface area contributed by atoms with Crippen molar-refractivity contribution in [3.8, 4) is 0 Å². The highest BCUT2D eigenvalue weighted by atomic mass is 31.2. The molecule has 0 saturated carbocycles. The summed E-state index contributed by atoms with van der Waals surface area (Å²) in [6, 6.07) is -1.54. The lowest BCUT2D eigenvalue weighted by atomic mass is 10.1. The summed E-state index contributed by atoms with van der Waals surface area (Å²) in [5.74, 6) is -2.52. The van der Waals surface area contributed by atoms with Crippen molar-refractivity contribution in [1.29, 1.82) is 0 Å². The molecule has 0 aromatic rings. The zero-order chi connectivity index (χ0) is 44.7. The SMILES string of the molecule is CC/C=C\C/C=C\C/C=C\C/C=C\C/C=C\CCCCCC(=O)OC[C@H](COP(=O)(O)OC[C@H](N)C(=O)O)OC(=O)CCC/C=C\C/C=C\CC1OC1C/C=C\CCCCC. The molecule has 344 valence electrons. The number of unbranched alkanes of at least 4 members (excludes halogenated alkanes) is 7. The lowest BCUT2D eigenvalue weighted by Gasteiger charge is -2.20. The Labute approximate surface area is 366 Å². The summed E-state index contributed by atoms with van der Waals surface area (Å²) >= 11 is 0. The molecule has 0 aromatic carbocycles. The average molecular weight is 874 g/mol. The Kier molecular flexibility index (Phi) is 34.6. The molecule has 0 spiro atoms. The molecule has 0 aliphatic carbocycles. The normalized spacial score (nSPS) is 17.9. The first kappa shape index (κ1) is 55.4. The smallest absolute Gasteiger partial charge is 0.472 e. The van der Waals surface area contributed by atoms with Crippen molar-refractivity contribution in [3.63, 3.8) is 0 Å². The third-order valence-corrected chi connectivity index (χ3v) is 10.2. The van der Waals surface area contributed by atoms with Gasteiger partial charge in [-0.3, -0.25) is 23.4 Å². The van der Waals surface area contributed by atoms with Crippen molar-refractivity contribution in [2.75, 3.05) is 19.8 Å². The lowest BCUT2D eigenvalue weighted by Crippen LogP contribution is -2.34. The van der Waals surface area contributed by atoms with Gasteiger partial charge in [0.15, 0.2) is 6.10 Å². The molecule has 61 heavy (non-hydrogen) atoms. The van der Waals surface area contributed by atoms with Crippen LogP contribution in [0.2, 0.25) is 0 Å². The molecule has 0 radical (unpaired) electrons. The maximum Gasteiger partial charge on any atom is 0.472 e. The van der Waals surface area contributed by atoms with Crippen molar-refractivity contribution in [1.82, 2.24) is 0 Å². The summed E-state index contributed by atoms with van der Waals surface area (Å²) in [6.07, 6.45) is 50.8. The van der Waals surface area contributed by atoms with E-state index in [2.05, 4.69) is 103 Å². The summed E-state index contributed by atoms with van der Waals surface area (Å²) in [5, 5.41) is 8.90. The molecule has 1 heterocycles. The van der Waals surface area contributed by atoms with Crippen LogP contribution in [0, 0.1) is 0 Å². The standard InChI is InChI=1S/C48H76NO11P/c1-3-5-7-9-11-12-13-14-15-16-17-18-19-20-21-22-25-29-33-37-46(50)56-39-42(40-57-61(54,55)58-41-43(49)48(52)53)59-47(51)38-34-30-26-23-24-28-32-36-45-44(60-45)35-31-27-10-8-6-4-2/h5,7,11-12,14-15,17-18,20-21,23,26-28,31-32,42-45H,3-4,6,8-10,13,16,19,22,24-25,29-30,33-41,49H2,1-2H3,(H,52,53)(H,54,55)/b7-5-,12-11-,15-14-,18-17-,21-20-,26-23-,31-27-,32-28-/t42-,43+,44?,45?/m1/s1. The number of phosphoric ester groups is 1. The van der Waals surface area contributed by atoms with Crippen LogP contribution in [0.5, 0.6) is 0 Å². The molecule has 0 amide bonds. The van der Waals surface area contributed by atoms with Crippen LogP contribution in [-0.2, 0) is 42.2 Å². The predicted molar refractivity (Wildman–Crippen MR) is 244 cm³/mol. The van der Waals surface area contributed by atoms with Crippen molar-refractivity contribution >= 4 is 25.7 Å². The number of phosphoric acid groups is 1. The van der Waals surface area contributed by atoms with Crippen molar-refractivity contribution in [2.45, 2.75) is 167 Å². The minimum absolute atomic E-state index is 0.0662. The molecule has 3 unspecified atom stereocenters. The molecule has 0 aromatic heterocycles. The number of nitrogens with two attached hydrogens (primary N) is 1. The van der Waals surface area contributed by atoms with Gasteiger partial charge in [-0.15, -0.1) is 0 Å². The van der Waals surface area contributed by atoms with Gasteiger partial charge in [-0.2, -0.15) is 0 Å². The molecule has 1 saturated heterocycles. The van der Waals surface area contributed by atoms with Gasteiger partial charge >= 0.3 is 25.7 Å². The van der Waals surface area contributed by atoms with E-state index in [1.165, 1.54) is 19.3 Å². The zero-order valence-electron chi connectivity index (χ0n) is 36.9. The highest BCUT2D eigenvalue weighted by molar-refractivity contribution is 7.47. The Morgan fingerprint density at radius 1 is 0.607 bits per heavy atom. The van der Waals surface area contributed by atoms with Gasteiger partial charge in [-0.1, -0.05) is 130 Å².